The first kappa shape index (κ1) is 14.8. The highest BCUT2D eigenvalue weighted by atomic mass is 16.2. The van der Waals surface area contributed by atoms with Gasteiger partial charge in [0.25, 0.3) is 0 Å². The average Bonchev–Trinajstić information content (AvgIpc) is 2.45. The quantitative estimate of drug-likeness (QED) is 0.915. The first-order chi connectivity index (χ1) is 9.47. The number of carbonyl (C=O) groups excluding carboxylic acids is 1. The summed E-state index contributed by atoms with van der Waals surface area (Å²) >= 11 is 0. The lowest BCUT2D eigenvalue weighted by Crippen LogP contribution is -2.42. The minimum absolute atomic E-state index is 0.131. The first-order valence-electron chi connectivity index (χ1n) is 7.27. The highest BCUT2D eigenvalue weighted by Gasteiger charge is 2.24. The smallest absolute Gasteiger partial charge is 0.225 e. The Hall–Kier alpha value is -1.65. The Morgan fingerprint density at radius 1 is 1.30 bits per heavy atom. The van der Waals surface area contributed by atoms with Gasteiger partial charge in [-0.2, -0.15) is 0 Å². The van der Waals surface area contributed by atoms with E-state index in [-0.39, 0.29) is 11.3 Å². The van der Waals surface area contributed by atoms with Crippen LogP contribution in [0.1, 0.15) is 33.6 Å². The number of nitrogens with one attached hydrogen (secondary N) is 1. The molecule has 0 unspecified atom stereocenters. The van der Waals surface area contributed by atoms with Crippen molar-refractivity contribution < 1.29 is 4.79 Å². The van der Waals surface area contributed by atoms with E-state index in [2.05, 4.69) is 20.2 Å². The van der Waals surface area contributed by atoms with Crippen LogP contribution in [0, 0.1) is 11.3 Å². The molecule has 1 aromatic rings. The zero-order valence-corrected chi connectivity index (χ0v) is 12.6. The van der Waals surface area contributed by atoms with Gasteiger partial charge in [0.1, 0.15) is 0 Å². The van der Waals surface area contributed by atoms with Crippen LogP contribution in [0.3, 0.4) is 0 Å². The van der Waals surface area contributed by atoms with Gasteiger partial charge in [0.05, 0.1) is 0 Å². The van der Waals surface area contributed by atoms with Crippen molar-refractivity contribution in [3.05, 3.63) is 18.5 Å². The number of anilines is 1. The normalized spacial score (nSPS) is 17.1. The van der Waals surface area contributed by atoms with Crippen molar-refractivity contribution in [3.63, 3.8) is 0 Å². The summed E-state index contributed by atoms with van der Waals surface area (Å²) < 4.78 is 0. The minimum atomic E-state index is -0.307. The molecule has 1 amide bonds. The van der Waals surface area contributed by atoms with Gasteiger partial charge in [-0.25, -0.2) is 9.97 Å². The third-order valence-electron chi connectivity index (χ3n) is 3.68. The number of piperidine rings is 1. The Balaban J connectivity index is 1.76. The molecule has 0 aliphatic carbocycles. The molecule has 0 spiro atoms. The molecule has 0 aromatic carbocycles. The Morgan fingerprint density at radius 3 is 2.45 bits per heavy atom. The van der Waals surface area contributed by atoms with E-state index in [0.29, 0.717) is 5.92 Å². The summed E-state index contributed by atoms with van der Waals surface area (Å²) in [5.74, 6) is 1.50. The Kier molecular flexibility index (Phi) is 4.57. The van der Waals surface area contributed by atoms with Gasteiger partial charge < -0.3 is 10.2 Å². The van der Waals surface area contributed by atoms with Gasteiger partial charge in [-0.15, -0.1) is 0 Å². The molecule has 0 saturated carbocycles. The molecule has 0 bridgehead atoms. The van der Waals surface area contributed by atoms with E-state index in [0.717, 1.165) is 38.4 Å². The van der Waals surface area contributed by atoms with E-state index in [9.17, 15) is 4.79 Å². The Morgan fingerprint density at radius 2 is 1.90 bits per heavy atom. The molecule has 20 heavy (non-hydrogen) atoms. The molecule has 110 valence electrons. The molecule has 2 heterocycles. The number of rotatable bonds is 3. The van der Waals surface area contributed by atoms with Crippen molar-refractivity contribution in [2.45, 2.75) is 33.6 Å². The van der Waals surface area contributed by atoms with Crippen molar-refractivity contribution in [2.24, 2.45) is 11.3 Å². The summed E-state index contributed by atoms with van der Waals surface area (Å²) in [5.41, 5.74) is -0.307. The number of amides is 1. The van der Waals surface area contributed by atoms with Crippen LogP contribution < -0.4 is 10.2 Å². The Labute approximate surface area is 120 Å². The number of carbonyl (C=O) groups is 1. The zero-order valence-electron chi connectivity index (χ0n) is 12.6. The van der Waals surface area contributed by atoms with Crippen LogP contribution in [0.15, 0.2) is 18.5 Å². The van der Waals surface area contributed by atoms with Crippen LogP contribution in [-0.4, -0.2) is 35.5 Å². The second-order valence-electron chi connectivity index (χ2n) is 6.44. The molecular formula is C15H24N4O. The third kappa shape index (κ3) is 3.92. The zero-order chi connectivity index (χ0) is 14.6. The second-order valence-corrected chi connectivity index (χ2v) is 6.44. The summed E-state index contributed by atoms with van der Waals surface area (Å²) in [5, 5.41) is 3.06. The van der Waals surface area contributed by atoms with E-state index in [1.165, 1.54) is 0 Å². The maximum Gasteiger partial charge on any atom is 0.225 e. The van der Waals surface area contributed by atoms with Crippen molar-refractivity contribution in [1.29, 1.82) is 0 Å². The highest BCUT2D eigenvalue weighted by molar-refractivity contribution is 5.81. The lowest BCUT2D eigenvalue weighted by atomic mass is 9.93. The predicted molar refractivity (Wildman–Crippen MR) is 79.4 cm³/mol. The molecule has 2 rings (SSSR count). The Bertz CT molecular complexity index is 433. The van der Waals surface area contributed by atoms with Gasteiger partial charge >= 0.3 is 0 Å². The van der Waals surface area contributed by atoms with Crippen molar-refractivity contribution in [1.82, 2.24) is 15.3 Å². The standard InChI is InChI=1S/C15H24N4O/c1-15(2,3)13(20)18-11-12-5-9-19(10-6-12)14-16-7-4-8-17-14/h4,7-8,12H,5-6,9-11H2,1-3H3,(H,18,20). The lowest BCUT2D eigenvalue weighted by molar-refractivity contribution is -0.128. The van der Waals surface area contributed by atoms with Crippen LogP contribution in [0.5, 0.6) is 0 Å². The van der Waals surface area contributed by atoms with Gasteiger partial charge in [-0.1, -0.05) is 20.8 Å². The summed E-state index contributed by atoms with van der Waals surface area (Å²) in [7, 11) is 0. The fourth-order valence-electron chi connectivity index (χ4n) is 2.29. The van der Waals surface area contributed by atoms with Crippen LogP contribution >= 0.6 is 0 Å². The van der Waals surface area contributed by atoms with Gasteiger partial charge in [0.15, 0.2) is 0 Å². The molecule has 1 N–H and O–H groups in total. The molecule has 0 atom stereocenters. The van der Waals surface area contributed by atoms with Crippen LogP contribution in [0.4, 0.5) is 5.95 Å². The molecule has 1 fully saturated rings. The van der Waals surface area contributed by atoms with E-state index in [4.69, 9.17) is 0 Å². The summed E-state index contributed by atoms with van der Waals surface area (Å²) in [6.07, 6.45) is 5.70. The molecule has 1 aliphatic rings. The van der Waals surface area contributed by atoms with Crippen LogP contribution in [0.25, 0.3) is 0 Å². The number of hydrogen-bond acceptors (Lipinski definition) is 4. The van der Waals surface area contributed by atoms with Gasteiger partial charge in [-0.3, -0.25) is 4.79 Å². The molecule has 1 aliphatic heterocycles. The highest BCUT2D eigenvalue weighted by Crippen LogP contribution is 2.20. The van der Waals surface area contributed by atoms with Crippen molar-refractivity contribution >= 4 is 11.9 Å². The second kappa shape index (κ2) is 6.20. The van der Waals surface area contributed by atoms with Crippen molar-refractivity contribution in [2.75, 3.05) is 24.5 Å². The largest absolute Gasteiger partial charge is 0.355 e. The van der Waals surface area contributed by atoms with E-state index < -0.39 is 0 Å². The molecular weight excluding hydrogens is 252 g/mol. The summed E-state index contributed by atoms with van der Waals surface area (Å²) in [4.78, 5) is 22.6. The molecule has 0 radical (unpaired) electrons. The SMILES string of the molecule is CC(C)(C)C(=O)NCC1CCN(c2ncccn2)CC1. The fourth-order valence-corrected chi connectivity index (χ4v) is 2.29. The van der Waals surface area contributed by atoms with Crippen molar-refractivity contribution in [3.8, 4) is 0 Å². The number of nitrogens with zero attached hydrogens (tertiary/aromatic N) is 3. The molecule has 1 saturated heterocycles. The summed E-state index contributed by atoms with van der Waals surface area (Å²) in [6.45, 7) is 8.52. The minimum Gasteiger partial charge on any atom is -0.355 e. The first-order valence-corrected chi connectivity index (χ1v) is 7.27. The fraction of sp³-hybridized carbons (Fsp3) is 0.667. The average molecular weight is 276 g/mol. The van der Waals surface area contributed by atoms with Crippen LogP contribution in [-0.2, 0) is 4.79 Å². The van der Waals surface area contributed by atoms with Gasteiger partial charge in [-0.05, 0) is 24.8 Å². The van der Waals surface area contributed by atoms with E-state index >= 15 is 0 Å². The lowest BCUT2D eigenvalue weighted by Gasteiger charge is -2.32. The van der Waals surface area contributed by atoms with E-state index in [1.54, 1.807) is 12.4 Å². The number of aromatic nitrogens is 2. The van der Waals surface area contributed by atoms with E-state index in [1.807, 2.05) is 26.8 Å². The van der Waals surface area contributed by atoms with Crippen LogP contribution in [0.2, 0.25) is 0 Å². The monoisotopic (exact) mass is 276 g/mol. The summed E-state index contributed by atoms with van der Waals surface area (Å²) in [6, 6.07) is 1.83. The molecule has 5 heteroatoms. The van der Waals surface area contributed by atoms with Gasteiger partial charge in [0.2, 0.25) is 11.9 Å². The molecule has 1 aromatic heterocycles. The maximum atomic E-state index is 11.9. The number of hydrogen-bond donors (Lipinski definition) is 1. The predicted octanol–water partition coefficient (Wildman–Crippen LogP) is 1.86. The third-order valence-corrected chi connectivity index (χ3v) is 3.68. The molecule has 5 nitrogen and oxygen atoms in total. The maximum absolute atomic E-state index is 11.9. The topological polar surface area (TPSA) is 58.1 Å². The van der Waals surface area contributed by atoms with Gasteiger partial charge in [0, 0.05) is 37.4 Å².